The van der Waals surface area contributed by atoms with Crippen molar-refractivity contribution < 1.29 is 21.6 Å². The van der Waals surface area contributed by atoms with Crippen molar-refractivity contribution in [2.24, 2.45) is 5.73 Å². The predicted octanol–water partition coefficient (Wildman–Crippen LogP) is 0.729. The molecule has 0 aromatic heterocycles. The molecule has 0 amide bonds. The van der Waals surface area contributed by atoms with Crippen LogP contribution < -0.4 is 10.5 Å². The van der Waals surface area contributed by atoms with Crippen LogP contribution in [0.5, 0.6) is 0 Å². The summed E-state index contributed by atoms with van der Waals surface area (Å²) >= 11 is 0. The Bertz CT molecular complexity index is 496. The fraction of sp³-hybridized carbons (Fsp3) is 0.333. The standard InChI is InChI=1S/C9H11F3N2O2S/c1-5(4-13)14-17(15,16)9-7(11)2-6(10)3-8(9)12/h2-3,5,14H,4,13H2,1H3/t5-/m1/s1. The molecule has 0 aliphatic heterocycles. The molecule has 0 aliphatic carbocycles. The van der Waals surface area contributed by atoms with Gasteiger partial charge in [-0.2, -0.15) is 0 Å². The summed E-state index contributed by atoms with van der Waals surface area (Å²) in [5.41, 5.74) is 5.18. The molecule has 0 fully saturated rings. The third-order valence-electron chi connectivity index (χ3n) is 1.94. The molecule has 1 aromatic rings. The van der Waals surface area contributed by atoms with Crippen LogP contribution in [0.3, 0.4) is 0 Å². The largest absolute Gasteiger partial charge is 0.329 e. The van der Waals surface area contributed by atoms with Gasteiger partial charge < -0.3 is 5.73 Å². The van der Waals surface area contributed by atoms with E-state index in [9.17, 15) is 21.6 Å². The van der Waals surface area contributed by atoms with Crippen LogP contribution in [-0.2, 0) is 10.0 Å². The van der Waals surface area contributed by atoms with E-state index in [2.05, 4.69) is 0 Å². The maximum Gasteiger partial charge on any atom is 0.246 e. The fourth-order valence-electron chi connectivity index (χ4n) is 1.16. The highest BCUT2D eigenvalue weighted by Crippen LogP contribution is 2.20. The molecular weight excluding hydrogens is 257 g/mol. The lowest BCUT2D eigenvalue weighted by Crippen LogP contribution is -2.38. The maximum atomic E-state index is 13.2. The van der Waals surface area contributed by atoms with Crippen molar-refractivity contribution in [3.8, 4) is 0 Å². The molecule has 1 atom stereocenters. The highest BCUT2D eigenvalue weighted by molar-refractivity contribution is 7.89. The lowest BCUT2D eigenvalue weighted by molar-refractivity contribution is 0.490. The van der Waals surface area contributed by atoms with Gasteiger partial charge in [0.25, 0.3) is 0 Å². The zero-order valence-electron chi connectivity index (χ0n) is 8.88. The van der Waals surface area contributed by atoms with Gasteiger partial charge in [0.05, 0.1) is 0 Å². The first-order chi connectivity index (χ1) is 7.77. The molecule has 96 valence electrons. The number of hydrogen-bond donors (Lipinski definition) is 2. The normalized spacial score (nSPS) is 13.7. The monoisotopic (exact) mass is 268 g/mol. The number of rotatable bonds is 4. The number of halogens is 3. The van der Waals surface area contributed by atoms with Crippen LogP contribution in [0.4, 0.5) is 13.2 Å². The number of nitrogens with two attached hydrogens (primary N) is 1. The smallest absolute Gasteiger partial charge is 0.246 e. The Morgan fingerprint density at radius 2 is 1.76 bits per heavy atom. The second-order valence-electron chi connectivity index (χ2n) is 3.46. The number of hydrogen-bond acceptors (Lipinski definition) is 3. The first kappa shape index (κ1) is 13.9. The van der Waals surface area contributed by atoms with Crippen molar-refractivity contribution in [3.05, 3.63) is 29.6 Å². The van der Waals surface area contributed by atoms with Crippen LogP contribution in [0, 0.1) is 17.5 Å². The van der Waals surface area contributed by atoms with E-state index in [1.165, 1.54) is 6.92 Å². The first-order valence-electron chi connectivity index (χ1n) is 4.65. The Kier molecular flexibility index (Phi) is 4.12. The Balaban J connectivity index is 3.25. The summed E-state index contributed by atoms with van der Waals surface area (Å²) in [5, 5.41) is 0. The van der Waals surface area contributed by atoms with Crippen LogP contribution in [-0.4, -0.2) is 21.0 Å². The average Bonchev–Trinajstić information content (AvgIpc) is 2.14. The van der Waals surface area contributed by atoms with Gasteiger partial charge in [0, 0.05) is 24.7 Å². The van der Waals surface area contributed by atoms with E-state index >= 15 is 0 Å². The van der Waals surface area contributed by atoms with Crippen molar-refractivity contribution in [2.75, 3.05) is 6.54 Å². The predicted molar refractivity (Wildman–Crippen MR) is 55.2 cm³/mol. The van der Waals surface area contributed by atoms with Gasteiger partial charge in [0.2, 0.25) is 10.0 Å². The van der Waals surface area contributed by atoms with Gasteiger partial charge in [-0.3, -0.25) is 0 Å². The highest BCUT2D eigenvalue weighted by Gasteiger charge is 2.26. The summed E-state index contributed by atoms with van der Waals surface area (Å²) in [6, 6.07) is -0.0981. The Labute approximate surface area is 96.7 Å². The Morgan fingerprint density at radius 3 is 2.18 bits per heavy atom. The Morgan fingerprint density at radius 1 is 1.29 bits per heavy atom. The van der Waals surface area contributed by atoms with Crippen molar-refractivity contribution in [2.45, 2.75) is 17.9 Å². The average molecular weight is 268 g/mol. The van der Waals surface area contributed by atoms with E-state index < -0.39 is 38.4 Å². The van der Waals surface area contributed by atoms with Crippen molar-refractivity contribution >= 4 is 10.0 Å². The van der Waals surface area contributed by atoms with Crippen LogP contribution in [0.1, 0.15) is 6.92 Å². The van der Waals surface area contributed by atoms with Crippen LogP contribution in [0.25, 0.3) is 0 Å². The molecule has 1 rings (SSSR count). The van der Waals surface area contributed by atoms with Gasteiger partial charge in [0.15, 0.2) is 4.90 Å². The summed E-state index contributed by atoms with van der Waals surface area (Å²) in [6.45, 7) is 1.39. The summed E-state index contributed by atoms with van der Waals surface area (Å²) in [5.74, 6) is -4.16. The molecule has 0 radical (unpaired) electrons. The molecule has 4 nitrogen and oxygen atoms in total. The van der Waals surface area contributed by atoms with Gasteiger partial charge in [-0.25, -0.2) is 26.3 Å². The van der Waals surface area contributed by atoms with Crippen molar-refractivity contribution in [1.82, 2.24) is 4.72 Å². The van der Waals surface area contributed by atoms with E-state index in [1.807, 2.05) is 4.72 Å². The third-order valence-corrected chi connectivity index (χ3v) is 3.58. The molecule has 0 unspecified atom stereocenters. The zero-order chi connectivity index (χ0) is 13.2. The van der Waals surface area contributed by atoms with Gasteiger partial charge in [-0.15, -0.1) is 0 Å². The molecule has 3 N–H and O–H groups in total. The number of sulfonamides is 1. The van der Waals surface area contributed by atoms with Crippen molar-refractivity contribution in [3.63, 3.8) is 0 Å². The lowest BCUT2D eigenvalue weighted by Gasteiger charge is -2.13. The summed E-state index contributed by atoms with van der Waals surface area (Å²) in [7, 11) is -4.40. The molecule has 0 spiro atoms. The molecule has 0 saturated carbocycles. The van der Waals surface area contributed by atoms with Crippen molar-refractivity contribution in [1.29, 1.82) is 0 Å². The van der Waals surface area contributed by atoms with E-state index in [4.69, 9.17) is 5.73 Å². The van der Waals surface area contributed by atoms with E-state index in [0.717, 1.165) is 0 Å². The van der Waals surface area contributed by atoms with E-state index in [0.29, 0.717) is 12.1 Å². The maximum absolute atomic E-state index is 13.2. The molecule has 0 aliphatic rings. The second kappa shape index (κ2) is 5.03. The number of nitrogens with one attached hydrogen (secondary N) is 1. The highest BCUT2D eigenvalue weighted by atomic mass is 32.2. The van der Waals surface area contributed by atoms with Crippen LogP contribution in [0.15, 0.2) is 17.0 Å². The van der Waals surface area contributed by atoms with Gasteiger partial charge in [-0.1, -0.05) is 0 Å². The SMILES string of the molecule is C[C@H](CN)NS(=O)(=O)c1c(F)cc(F)cc1F. The molecule has 17 heavy (non-hydrogen) atoms. The van der Waals surface area contributed by atoms with Gasteiger partial charge in [0.1, 0.15) is 17.5 Å². The van der Waals surface area contributed by atoms with E-state index in [-0.39, 0.29) is 6.54 Å². The van der Waals surface area contributed by atoms with Crippen LogP contribution >= 0.6 is 0 Å². The molecule has 0 heterocycles. The molecule has 8 heteroatoms. The molecule has 0 saturated heterocycles. The summed E-state index contributed by atoms with van der Waals surface area (Å²) in [6.07, 6.45) is 0. The number of benzene rings is 1. The fourth-order valence-corrected chi connectivity index (χ4v) is 2.53. The van der Waals surface area contributed by atoms with Crippen LogP contribution in [0.2, 0.25) is 0 Å². The first-order valence-corrected chi connectivity index (χ1v) is 6.13. The molecule has 0 bridgehead atoms. The quantitative estimate of drug-likeness (QED) is 0.845. The van der Waals surface area contributed by atoms with Gasteiger partial charge in [-0.05, 0) is 6.92 Å². The van der Waals surface area contributed by atoms with Gasteiger partial charge >= 0.3 is 0 Å². The minimum atomic E-state index is -4.40. The lowest BCUT2D eigenvalue weighted by atomic mass is 10.3. The summed E-state index contributed by atoms with van der Waals surface area (Å²) < 4.78 is 64.2. The zero-order valence-corrected chi connectivity index (χ0v) is 9.69. The minimum absolute atomic E-state index is 0.0380. The van der Waals surface area contributed by atoms with E-state index in [1.54, 1.807) is 0 Å². The topological polar surface area (TPSA) is 72.2 Å². The second-order valence-corrected chi connectivity index (χ2v) is 5.11. The molecular formula is C9H11F3N2O2S. The summed E-state index contributed by atoms with van der Waals surface area (Å²) in [4.78, 5) is -1.21. The minimum Gasteiger partial charge on any atom is -0.329 e. The molecule has 1 aromatic carbocycles. The third kappa shape index (κ3) is 3.18. The Hall–Kier alpha value is -1.12.